The molecule has 0 bridgehead atoms. The predicted molar refractivity (Wildman–Crippen MR) is 113 cm³/mol. The van der Waals surface area contributed by atoms with E-state index in [2.05, 4.69) is 57.2 Å². The van der Waals surface area contributed by atoms with Crippen molar-refractivity contribution in [3.63, 3.8) is 0 Å². The summed E-state index contributed by atoms with van der Waals surface area (Å²) in [7, 11) is 0. The third kappa shape index (κ3) is 6.01. The second-order valence-electron chi connectivity index (χ2n) is 7.75. The zero-order valence-electron chi connectivity index (χ0n) is 17.2. The molecule has 6 nitrogen and oxygen atoms in total. The van der Waals surface area contributed by atoms with Crippen LogP contribution in [0.25, 0.3) is 10.9 Å². The Labute approximate surface area is 162 Å². The van der Waals surface area contributed by atoms with Gasteiger partial charge in [0.05, 0.1) is 0 Å². The monoisotopic (exact) mass is 371 g/mol. The summed E-state index contributed by atoms with van der Waals surface area (Å²) >= 11 is 0. The third-order valence-electron chi connectivity index (χ3n) is 4.39. The number of hydrogen-bond acceptors (Lipinski definition) is 2. The van der Waals surface area contributed by atoms with Crippen LogP contribution >= 0.6 is 0 Å². The average Bonchev–Trinajstić information content (AvgIpc) is 3.02. The van der Waals surface area contributed by atoms with Crippen LogP contribution in [0.3, 0.4) is 0 Å². The maximum Gasteiger partial charge on any atom is 0.225 e. The van der Waals surface area contributed by atoms with Gasteiger partial charge in [0.15, 0.2) is 5.96 Å². The number of hydrogen-bond donors (Lipinski definition) is 4. The molecular weight excluding hydrogens is 338 g/mol. The number of fused-ring (bicyclic) bond motifs is 1. The fraction of sp³-hybridized carbons (Fsp3) is 0.524. The molecule has 1 aromatic carbocycles. The molecule has 2 rings (SSSR count). The van der Waals surface area contributed by atoms with Gasteiger partial charge >= 0.3 is 0 Å². The molecule has 0 radical (unpaired) electrons. The predicted octanol–water partition coefficient (Wildman–Crippen LogP) is 2.74. The second kappa shape index (κ2) is 9.44. The van der Waals surface area contributed by atoms with Gasteiger partial charge in [0.2, 0.25) is 5.91 Å². The van der Waals surface area contributed by atoms with Crippen molar-refractivity contribution in [3.8, 4) is 0 Å². The van der Waals surface area contributed by atoms with E-state index in [-0.39, 0.29) is 11.3 Å². The van der Waals surface area contributed by atoms with Crippen molar-refractivity contribution in [1.29, 1.82) is 0 Å². The van der Waals surface area contributed by atoms with Gasteiger partial charge in [0.1, 0.15) is 0 Å². The third-order valence-corrected chi connectivity index (χ3v) is 4.39. The number of H-pyrrole nitrogens is 1. The van der Waals surface area contributed by atoms with Crippen molar-refractivity contribution in [1.82, 2.24) is 20.9 Å². The van der Waals surface area contributed by atoms with Gasteiger partial charge in [-0.2, -0.15) is 0 Å². The lowest BCUT2D eigenvalue weighted by atomic mass is 9.96. The number of amides is 1. The Morgan fingerprint density at radius 3 is 2.59 bits per heavy atom. The highest BCUT2D eigenvalue weighted by Crippen LogP contribution is 2.21. The summed E-state index contributed by atoms with van der Waals surface area (Å²) < 4.78 is 0. The van der Waals surface area contributed by atoms with E-state index in [1.54, 1.807) is 0 Å². The summed E-state index contributed by atoms with van der Waals surface area (Å²) in [4.78, 5) is 19.9. The molecule has 0 spiro atoms. The van der Waals surface area contributed by atoms with Crippen LogP contribution in [0.5, 0.6) is 0 Å². The van der Waals surface area contributed by atoms with Crippen LogP contribution in [0, 0.1) is 12.3 Å². The molecule has 2 aromatic rings. The number of carbonyl (C=O) groups is 1. The number of nitrogens with one attached hydrogen (secondary N) is 4. The van der Waals surface area contributed by atoms with Gasteiger partial charge in [-0.1, -0.05) is 39.0 Å². The number of carbonyl (C=O) groups excluding carboxylic acids is 1. The summed E-state index contributed by atoms with van der Waals surface area (Å²) in [5.41, 5.74) is 3.38. The Morgan fingerprint density at radius 2 is 1.89 bits per heavy atom. The van der Waals surface area contributed by atoms with Crippen LogP contribution in [-0.2, 0) is 11.2 Å². The van der Waals surface area contributed by atoms with Gasteiger partial charge in [-0.15, -0.1) is 0 Å². The first-order valence-electron chi connectivity index (χ1n) is 9.69. The Kier molecular flexibility index (Phi) is 7.28. The average molecular weight is 372 g/mol. The van der Waals surface area contributed by atoms with Gasteiger partial charge in [0.25, 0.3) is 0 Å². The SMILES string of the molecule is CCNC(=NCCc1c[nH]c2c(C)cccc12)NCCNC(=O)C(C)(C)C. The lowest BCUT2D eigenvalue weighted by molar-refractivity contribution is -0.128. The Bertz CT molecular complexity index is 785. The maximum atomic E-state index is 11.9. The van der Waals surface area contributed by atoms with Crippen molar-refractivity contribution in [3.05, 3.63) is 35.5 Å². The van der Waals surface area contributed by atoms with Gasteiger partial charge in [-0.3, -0.25) is 9.79 Å². The minimum atomic E-state index is -0.365. The summed E-state index contributed by atoms with van der Waals surface area (Å²) in [6, 6.07) is 6.36. The van der Waals surface area contributed by atoms with Crippen LogP contribution < -0.4 is 16.0 Å². The van der Waals surface area contributed by atoms with Gasteiger partial charge in [0, 0.05) is 48.7 Å². The number of guanidine groups is 1. The smallest absolute Gasteiger partial charge is 0.225 e. The first-order valence-corrected chi connectivity index (χ1v) is 9.69. The molecule has 1 amide bonds. The lowest BCUT2D eigenvalue weighted by Crippen LogP contribution is -2.43. The summed E-state index contributed by atoms with van der Waals surface area (Å²) in [6.07, 6.45) is 2.95. The van der Waals surface area contributed by atoms with Crippen LogP contribution in [0.2, 0.25) is 0 Å². The molecule has 0 unspecified atom stereocenters. The second-order valence-corrected chi connectivity index (χ2v) is 7.75. The van der Waals surface area contributed by atoms with Crippen molar-refractivity contribution in [2.45, 2.75) is 41.0 Å². The van der Waals surface area contributed by atoms with E-state index in [0.717, 1.165) is 18.9 Å². The number of aromatic amines is 1. The number of aliphatic imine (C=N–C) groups is 1. The van der Waals surface area contributed by atoms with Gasteiger partial charge in [-0.05, 0) is 31.4 Å². The van der Waals surface area contributed by atoms with E-state index in [9.17, 15) is 4.79 Å². The Hall–Kier alpha value is -2.50. The quantitative estimate of drug-likeness (QED) is 0.343. The van der Waals surface area contributed by atoms with Crippen molar-refractivity contribution in [2.24, 2.45) is 10.4 Å². The molecule has 0 aliphatic rings. The molecule has 0 aliphatic heterocycles. The molecule has 0 fully saturated rings. The zero-order valence-corrected chi connectivity index (χ0v) is 17.2. The van der Waals surface area contributed by atoms with Crippen molar-refractivity contribution in [2.75, 3.05) is 26.2 Å². The van der Waals surface area contributed by atoms with E-state index in [0.29, 0.717) is 19.6 Å². The minimum absolute atomic E-state index is 0.0564. The largest absolute Gasteiger partial charge is 0.361 e. The van der Waals surface area contributed by atoms with Gasteiger partial charge < -0.3 is 20.9 Å². The molecule has 0 aliphatic carbocycles. The van der Waals surface area contributed by atoms with Crippen LogP contribution in [0.4, 0.5) is 0 Å². The molecule has 0 saturated heterocycles. The summed E-state index contributed by atoms with van der Waals surface area (Å²) in [6.45, 7) is 12.6. The number of rotatable bonds is 7. The van der Waals surface area contributed by atoms with Crippen LogP contribution in [0.1, 0.15) is 38.8 Å². The summed E-state index contributed by atoms with van der Waals surface area (Å²) in [5.74, 6) is 0.833. The highest BCUT2D eigenvalue weighted by Gasteiger charge is 2.20. The molecule has 148 valence electrons. The molecule has 6 heteroatoms. The fourth-order valence-corrected chi connectivity index (χ4v) is 2.82. The Balaban J connectivity index is 1.85. The number of nitrogens with zero attached hydrogens (tertiary/aromatic N) is 1. The normalized spacial score (nSPS) is 12.3. The molecule has 1 heterocycles. The molecule has 1 aromatic heterocycles. The summed E-state index contributed by atoms with van der Waals surface area (Å²) in [5, 5.41) is 10.7. The van der Waals surface area contributed by atoms with E-state index in [4.69, 9.17) is 0 Å². The number of aromatic nitrogens is 1. The molecule has 0 atom stereocenters. The molecule has 4 N–H and O–H groups in total. The van der Waals surface area contributed by atoms with Gasteiger partial charge in [-0.25, -0.2) is 0 Å². The molecular formula is C21H33N5O. The van der Waals surface area contributed by atoms with E-state index < -0.39 is 0 Å². The number of benzene rings is 1. The standard InChI is InChI=1S/C21H33N5O/c1-6-22-20(25-13-12-23-19(27)21(3,4)5)24-11-10-16-14-26-18-15(2)8-7-9-17(16)18/h7-9,14,26H,6,10-13H2,1-5H3,(H,23,27)(H2,22,24,25). The Morgan fingerprint density at radius 1 is 1.15 bits per heavy atom. The molecule has 0 saturated carbocycles. The van der Waals surface area contributed by atoms with E-state index in [1.807, 2.05) is 27.7 Å². The number of aryl methyl sites for hydroxylation is 1. The van der Waals surface area contributed by atoms with Crippen LogP contribution in [-0.4, -0.2) is 43.0 Å². The van der Waals surface area contributed by atoms with Crippen molar-refractivity contribution < 1.29 is 4.79 Å². The number of para-hydroxylation sites is 1. The zero-order chi connectivity index (χ0) is 19.9. The highest BCUT2D eigenvalue weighted by atomic mass is 16.2. The molecule has 27 heavy (non-hydrogen) atoms. The topological polar surface area (TPSA) is 81.3 Å². The van der Waals surface area contributed by atoms with E-state index >= 15 is 0 Å². The minimum Gasteiger partial charge on any atom is -0.361 e. The maximum absolute atomic E-state index is 11.9. The van der Waals surface area contributed by atoms with Crippen molar-refractivity contribution >= 4 is 22.8 Å². The van der Waals surface area contributed by atoms with Crippen LogP contribution in [0.15, 0.2) is 29.4 Å². The van der Waals surface area contributed by atoms with E-state index in [1.165, 1.54) is 22.0 Å². The lowest BCUT2D eigenvalue weighted by Gasteiger charge is -2.18. The highest BCUT2D eigenvalue weighted by molar-refractivity contribution is 5.86. The first kappa shape index (κ1) is 20.8. The first-order chi connectivity index (χ1) is 12.8. The fourth-order valence-electron chi connectivity index (χ4n) is 2.82.